The van der Waals surface area contributed by atoms with Crippen LogP contribution in [0.25, 0.3) is 0 Å². The Morgan fingerprint density at radius 3 is 2.22 bits per heavy atom. The molecule has 12 heteroatoms. The largest absolute Gasteiger partial charge is 0.507 e. The number of ketones is 2. The van der Waals surface area contributed by atoms with Crippen LogP contribution in [0.2, 0.25) is 0 Å². The molecule has 4 rings (SSSR count). The van der Waals surface area contributed by atoms with E-state index in [1.54, 1.807) is 6.19 Å². The van der Waals surface area contributed by atoms with Crippen molar-refractivity contribution in [3.8, 4) is 11.9 Å². The summed E-state index contributed by atoms with van der Waals surface area (Å²) in [5, 5.41) is 31.7. The van der Waals surface area contributed by atoms with E-state index >= 15 is 0 Å². The molecule has 0 amide bonds. The molecule has 0 fully saturated rings. The van der Waals surface area contributed by atoms with Crippen LogP contribution in [-0.4, -0.2) is 56.0 Å². The Morgan fingerprint density at radius 2 is 1.67 bits per heavy atom. The summed E-state index contributed by atoms with van der Waals surface area (Å²) in [5.74, 6) is -4.90. The van der Waals surface area contributed by atoms with Gasteiger partial charge in [0, 0.05) is 31.9 Å². The number of carbonyl (C=O) groups excluding carboxylic acids is 5. The SMILES string of the molecule is CC(=O)OC1c2c(c3c(n2C#N)C(=O)c2c(O)cccc2C3=O)C(O)C(OC(C)=O)C1(C)OC(C)=O. The second-order valence-electron chi connectivity index (χ2n) is 8.56. The van der Waals surface area contributed by atoms with Gasteiger partial charge in [-0.25, -0.2) is 4.57 Å². The van der Waals surface area contributed by atoms with Crippen LogP contribution in [0.4, 0.5) is 0 Å². The fraction of sp³-hybridized carbons (Fsp3) is 0.333. The van der Waals surface area contributed by atoms with Crippen LogP contribution in [0, 0.1) is 11.5 Å². The topological polar surface area (TPSA) is 182 Å². The van der Waals surface area contributed by atoms with Crippen molar-refractivity contribution in [2.24, 2.45) is 0 Å². The molecule has 2 N–H and O–H groups in total. The molecule has 186 valence electrons. The highest BCUT2D eigenvalue weighted by molar-refractivity contribution is 6.29. The number of fused-ring (bicyclic) bond motifs is 4. The maximum absolute atomic E-state index is 13.6. The summed E-state index contributed by atoms with van der Waals surface area (Å²) >= 11 is 0. The number of rotatable bonds is 3. The van der Waals surface area contributed by atoms with E-state index in [1.807, 2.05) is 0 Å². The molecule has 0 radical (unpaired) electrons. The smallest absolute Gasteiger partial charge is 0.303 e. The fourth-order valence-corrected chi connectivity index (χ4v) is 4.94. The van der Waals surface area contributed by atoms with Crippen LogP contribution in [0.15, 0.2) is 18.2 Å². The number of nitriles is 1. The second kappa shape index (κ2) is 8.31. The van der Waals surface area contributed by atoms with Gasteiger partial charge in [0.05, 0.1) is 16.8 Å². The number of esters is 3. The summed E-state index contributed by atoms with van der Waals surface area (Å²) in [4.78, 5) is 63.1. The van der Waals surface area contributed by atoms with E-state index in [0.717, 1.165) is 20.8 Å². The van der Waals surface area contributed by atoms with Gasteiger partial charge in [0.25, 0.3) is 0 Å². The van der Waals surface area contributed by atoms with Gasteiger partial charge in [-0.2, -0.15) is 5.26 Å². The number of phenols is 1. The molecule has 12 nitrogen and oxygen atoms in total. The monoisotopic (exact) mass is 496 g/mol. The van der Waals surface area contributed by atoms with Gasteiger partial charge in [-0.1, -0.05) is 12.1 Å². The van der Waals surface area contributed by atoms with Gasteiger partial charge < -0.3 is 24.4 Å². The van der Waals surface area contributed by atoms with E-state index in [-0.39, 0.29) is 27.9 Å². The van der Waals surface area contributed by atoms with Crippen molar-refractivity contribution in [2.75, 3.05) is 0 Å². The van der Waals surface area contributed by atoms with Crippen LogP contribution >= 0.6 is 0 Å². The minimum atomic E-state index is -2.08. The van der Waals surface area contributed by atoms with Crippen molar-refractivity contribution in [2.45, 2.75) is 51.6 Å². The van der Waals surface area contributed by atoms with Crippen molar-refractivity contribution in [3.63, 3.8) is 0 Å². The Balaban J connectivity index is 2.13. The highest BCUT2D eigenvalue weighted by Gasteiger charge is 2.61. The molecule has 1 aromatic carbocycles. The molecule has 4 unspecified atom stereocenters. The number of ether oxygens (including phenoxy) is 3. The summed E-state index contributed by atoms with van der Waals surface area (Å²) in [6, 6.07) is 3.83. The molecule has 36 heavy (non-hydrogen) atoms. The molecule has 1 heterocycles. The summed E-state index contributed by atoms with van der Waals surface area (Å²) in [6.45, 7) is 4.31. The Bertz CT molecular complexity index is 1410. The number of hydrogen-bond donors (Lipinski definition) is 2. The first-order valence-corrected chi connectivity index (χ1v) is 10.7. The third-order valence-corrected chi connectivity index (χ3v) is 6.16. The van der Waals surface area contributed by atoms with Crippen molar-refractivity contribution in [1.29, 1.82) is 5.26 Å². The first kappa shape index (κ1) is 24.6. The minimum absolute atomic E-state index is 0.181. The van der Waals surface area contributed by atoms with Gasteiger partial charge in [0.2, 0.25) is 5.78 Å². The van der Waals surface area contributed by atoms with Gasteiger partial charge in [-0.3, -0.25) is 24.0 Å². The van der Waals surface area contributed by atoms with E-state index in [2.05, 4.69) is 0 Å². The lowest BCUT2D eigenvalue weighted by Gasteiger charge is -2.46. The van der Waals surface area contributed by atoms with E-state index in [4.69, 9.17) is 14.2 Å². The second-order valence-corrected chi connectivity index (χ2v) is 8.56. The molecule has 2 aromatic rings. The molecule has 2 aliphatic rings. The molecule has 0 aliphatic heterocycles. The zero-order valence-electron chi connectivity index (χ0n) is 19.5. The van der Waals surface area contributed by atoms with E-state index in [1.165, 1.54) is 25.1 Å². The number of carbonyl (C=O) groups is 5. The maximum Gasteiger partial charge on any atom is 0.303 e. The standard InChI is InChI=1S/C24H20N2O10/c1-9(27)34-22-18-16(21(33)23(35-10(2)28)24(22,4)36-11(3)29)15-17(26(18)8-25)20(32)14-12(19(15)31)6-5-7-13(14)30/h5-7,21-23,30,33H,1-4H3. The third-order valence-electron chi connectivity index (χ3n) is 6.16. The van der Waals surface area contributed by atoms with Gasteiger partial charge in [-0.15, -0.1) is 0 Å². The Hall–Kier alpha value is -4.50. The first-order chi connectivity index (χ1) is 16.8. The predicted octanol–water partition coefficient (Wildman–Crippen LogP) is 1.20. The Labute approximate surface area is 203 Å². The highest BCUT2D eigenvalue weighted by atomic mass is 16.6. The molecular weight excluding hydrogens is 476 g/mol. The fourth-order valence-electron chi connectivity index (χ4n) is 4.94. The summed E-state index contributed by atoms with van der Waals surface area (Å²) in [6.07, 6.45) is -3.54. The van der Waals surface area contributed by atoms with Crippen molar-refractivity contribution < 1.29 is 48.4 Å². The molecule has 2 aliphatic carbocycles. The maximum atomic E-state index is 13.6. The minimum Gasteiger partial charge on any atom is -0.507 e. The molecule has 1 aromatic heterocycles. The number of benzene rings is 1. The lowest BCUT2D eigenvalue weighted by atomic mass is 9.74. The zero-order chi connectivity index (χ0) is 26.7. The Morgan fingerprint density at radius 1 is 1.03 bits per heavy atom. The number of aliphatic hydroxyl groups excluding tert-OH is 1. The van der Waals surface area contributed by atoms with Gasteiger partial charge in [-0.05, 0) is 13.0 Å². The summed E-state index contributed by atoms with van der Waals surface area (Å²) in [7, 11) is 0. The Kier molecular flexibility index (Phi) is 5.69. The van der Waals surface area contributed by atoms with Crippen LogP contribution < -0.4 is 0 Å². The van der Waals surface area contributed by atoms with Crippen molar-refractivity contribution in [3.05, 3.63) is 51.8 Å². The lowest BCUT2D eigenvalue weighted by molar-refractivity contribution is -0.230. The van der Waals surface area contributed by atoms with Crippen molar-refractivity contribution >= 4 is 29.5 Å². The number of phenolic OH excluding ortho intramolecular Hbond substituents is 1. The van der Waals surface area contributed by atoms with Crippen molar-refractivity contribution in [1.82, 2.24) is 4.57 Å². The third kappa shape index (κ3) is 3.36. The molecule has 0 spiro atoms. The molecule has 0 bridgehead atoms. The number of nitrogens with zero attached hydrogens (tertiary/aromatic N) is 2. The number of hydrogen-bond acceptors (Lipinski definition) is 11. The van der Waals surface area contributed by atoms with E-state index in [9.17, 15) is 39.4 Å². The average molecular weight is 496 g/mol. The zero-order valence-corrected chi connectivity index (χ0v) is 19.5. The van der Waals surface area contributed by atoms with E-state index in [0.29, 0.717) is 4.57 Å². The average Bonchev–Trinajstić information content (AvgIpc) is 3.12. The predicted molar refractivity (Wildman–Crippen MR) is 116 cm³/mol. The quantitative estimate of drug-likeness (QED) is 0.392. The summed E-state index contributed by atoms with van der Waals surface area (Å²) < 4.78 is 16.8. The normalized spacial score (nSPS) is 24.1. The van der Waals surface area contributed by atoms with Crippen LogP contribution in [0.1, 0.15) is 83.1 Å². The number of aromatic nitrogens is 1. The van der Waals surface area contributed by atoms with Gasteiger partial charge in [0.1, 0.15) is 17.5 Å². The van der Waals surface area contributed by atoms with Gasteiger partial charge >= 0.3 is 17.9 Å². The molecule has 0 saturated carbocycles. The molecule has 4 atom stereocenters. The first-order valence-electron chi connectivity index (χ1n) is 10.7. The number of aromatic hydroxyl groups is 1. The summed E-state index contributed by atoms with van der Waals surface area (Å²) in [5.41, 5.74) is -4.11. The lowest BCUT2D eigenvalue weighted by Crippen LogP contribution is -2.57. The van der Waals surface area contributed by atoms with Crippen LogP contribution in [-0.2, 0) is 28.6 Å². The van der Waals surface area contributed by atoms with E-state index < -0.39 is 64.8 Å². The van der Waals surface area contributed by atoms with Crippen LogP contribution in [0.3, 0.4) is 0 Å². The number of aliphatic hydroxyl groups is 1. The van der Waals surface area contributed by atoms with Crippen LogP contribution in [0.5, 0.6) is 5.75 Å². The molecule has 0 saturated heterocycles. The molecular formula is C24H20N2O10. The van der Waals surface area contributed by atoms with Gasteiger partial charge in [0.15, 0.2) is 29.8 Å². The highest BCUT2D eigenvalue weighted by Crippen LogP contribution is 2.52.